The van der Waals surface area contributed by atoms with Gasteiger partial charge in [-0.2, -0.15) is 0 Å². The third-order valence-corrected chi connectivity index (χ3v) is 2.89. The molecule has 0 aliphatic rings. The zero-order valence-corrected chi connectivity index (χ0v) is 9.81. The molecule has 0 saturated heterocycles. The number of aromatic carboxylic acids is 1. The van der Waals surface area contributed by atoms with Crippen LogP contribution in [0.1, 0.15) is 20.9 Å². The molecule has 2 aromatic heterocycles. The number of carbonyl (C=O) groups is 2. The average Bonchev–Trinajstić information content (AvgIpc) is 2.78. The van der Waals surface area contributed by atoms with E-state index in [0.717, 1.165) is 11.8 Å². The summed E-state index contributed by atoms with van der Waals surface area (Å²) in [6.07, 6.45) is 1.35. The van der Waals surface area contributed by atoms with Crippen molar-refractivity contribution in [2.45, 2.75) is 10.1 Å². The molecule has 0 atom stereocenters. The molecule has 3 N–H and O–H groups in total. The van der Waals surface area contributed by atoms with Crippen LogP contribution in [-0.4, -0.2) is 22.0 Å². The minimum Gasteiger partial charge on any atom is -0.475 e. The van der Waals surface area contributed by atoms with Crippen LogP contribution in [0.4, 0.5) is 0 Å². The topological polar surface area (TPSA) is 106 Å². The first kappa shape index (κ1) is 12.2. The number of nitrogens with zero attached hydrogens (tertiary/aromatic N) is 1. The van der Waals surface area contributed by atoms with Crippen molar-refractivity contribution in [3.63, 3.8) is 0 Å². The Morgan fingerprint density at radius 2 is 2.06 bits per heavy atom. The maximum absolute atomic E-state index is 10.8. The zero-order valence-electron chi connectivity index (χ0n) is 8.99. The van der Waals surface area contributed by atoms with E-state index >= 15 is 0 Å². The first-order chi connectivity index (χ1) is 8.56. The summed E-state index contributed by atoms with van der Waals surface area (Å²) in [4.78, 5) is 25.5. The zero-order chi connectivity index (χ0) is 13.1. The van der Waals surface area contributed by atoms with Gasteiger partial charge in [-0.1, -0.05) is 0 Å². The molecule has 2 rings (SSSR count). The Bertz CT molecular complexity index is 591. The Hall–Kier alpha value is -2.28. The molecule has 7 heteroatoms. The average molecular weight is 264 g/mol. The second kappa shape index (κ2) is 4.92. The molecule has 6 nitrogen and oxygen atoms in total. The number of carboxylic acids is 1. The number of carboxylic acid groups (broad SMARTS) is 1. The van der Waals surface area contributed by atoms with Gasteiger partial charge in [-0.15, -0.1) is 0 Å². The van der Waals surface area contributed by atoms with Crippen LogP contribution in [0.3, 0.4) is 0 Å². The number of furan rings is 1. The number of hydrogen-bond donors (Lipinski definition) is 2. The molecular weight excluding hydrogens is 256 g/mol. The van der Waals surface area contributed by atoms with Crippen LogP contribution in [0.15, 0.2) is 45.0 Å². The predicted molar refractivity (Wildman–Crippen MR) is 62.5 cm³/mol. The van der Waals surface area contributed by atoms with E-state index in [1.165, 1.54) is 18.3 Å². The molecule has 2 aromatic rings. The quantitative estimate of drug-likeness (QED) is 0.869. The van der Waals surface area contributed by atoms with Crippen molar-refractivity contribution in [2.24, 2.45) is 5.73 Å². The summed E-state index contributed by atoms with van der Waals surface area (Å²) in [5.41, 5.74) is 5.39. The molecule has 0 saturated carbocycles. The van der Waals surface area contributed by atoms with Crippen LogP contribution in [0.5, 0.6) is 0 Å². The molecule has 0 aliphatic carbocycles. The summed E-state index contributed by atoms with van der Waals surface area (Å²) < 4.78 is 5.06. The van der Waals surface area contributed by atoms with Crippen molar-refractivity contribution in [1.29, 1.82) is 0 Å². The molecule has 0 unspecified atom stereocenters. The van der Waals surface area contributed by atoms with Gasteiger partial charge in [0.2, 0.25) is 11.7 Å². The summed E-state index contributed by atoms with van der Waals surface area (Å²) in [7, 11) is 0. The molecule has 0 fully saturated rings. The van der Waals surface area contributed by atoms with Gasteiger partial charge >= 0.3 is 5.97 Å². The highest BCUT2D eigenvalue weighted by Gasteiger charge is 2.10. The van der Waals surface area contributed by atoms with Gasteiger partial charge in [0.15, 0.2) is 5.09 Å². The van der Waals surface area contributed by atoms with Crippen molar-refractivity contribution in [3.05, 3.63) is 41.8 Å². The van der Waals surface area contributed by atoms with Gasteiger partial charge in [0.1, 0.15) is 5.03 Å². The van der Waals surface area contributed by atoms with Gasteiger partial charge in [0, 0.05) is 6.20 Å². The first-order valence-electron chi connectivity index (χ1n) is 4.83. The highest BCUT2D eigenvalue weighted by molar-refractivity contribution is 7.99. The molecule has 1 amide bonds. The lowest BCUT2D eigenvalue weighted by atomic mass is 10.3. The number of nitrogens with two attached hydrogens (primary N) is 1. The van der Waals surface area contributed by atoms with Crippen molar-refractivity contribution in [3.8, 4) is 0 Å². The molecule has 0 aliphatic heterocycles. The number of hydrogen-bond acceptors (Lipinski definition) is 5. The fourth-order valence-electron chi connectivity index (χ4n) is 1.18. The Balaban J connectivity index is 2.13. The molecule has 2 heterocycles. The number of amides is 1. The third-order valence-electron chi connectivity index (χ3n) is 2.02. The molecule has 0 radical (unpaired) electrons. The summed E-state index contributed by atoms with van der Waals surface area (Å²) in [6.45, 7) is 0. The van der Waals surface area contributed by atoms with Gasteiger partial charge in [0.25, 0.3) is 0 Å². The first-order valence-corrected chi connectivity index (χ1v) is 5.65. The van der Waals surface area contributed by atoms with Crippen molar-refractivity contribution in [2.75, 3.05) is 0 Å². The van der Waals surface area contributed by atoms with E-state index in [1.54, 1.807) is 12.1 Å². The van der Waals surface area contributed by atoms with E-state index in [4.69, 9.17) is 15.3 Å². The van der Waals surface area contributed by atoms with Crippen molar-refractivity contribution >= 4 is 23.6 Å². The summed E-state index contributed by atoms with van der Waals surface area (Å²) >= 11 is 1.15. The third kappa shape index (κ3) is 2.69. The minimum atomic E-state index is -1.13. The normalized spacial score (nSPS) is 10.2. The van der Waals surface area contributed by atoms with Crippen molar-refractivity contribution in [1.82, 2.24) is 4.98 Å². The fraction of sp³-hybridized carbons (Fsp3) is 0. The number of aromatic nitrogens is 1. The lowest BCUT2D eigenvalue weighted by Crippen LogP contribution is -2.10. The SMILES string of the molecule is NC(=O)c1ccc(Sc2ccc(C(=O)O)o2)nc1. The van der Waals surface area contributed by atoms with Crippen LogP contribution in [0, 0.1) is 0 Å². The Labute approximate surface area is 106 Å². The van der Waals surface area contributed by atoms with Crippen LogP contribution in [0.25, 0.3) is 0 Å². The van der Waals surface area contributed by atoms with Crippen LogP contribution >= 0.6 is 11.8 Å². The standard InChI is InChI=1S/C11H8N2O4S/c12-10(14)6-1-3-8(13-5-6)18-9-4-2-7(17-9)11(15)16/h1-5H,(H2,12,14)(H,15,16). The molecule has 0 bridgehead atoms. The predicted octanol–water partition coefficient (Wildman–Crippen LogP) is 1.62. The number of pyridine rings is 1. The molecule has 0 aromatic carbocycles. The molecule has 92 valence electrons. The monoisotopic (exact) mass is 264 g/mol. The smallest absolute Gasteiger partial charge is 0.371 e. The fourth-order valence-corrected chi connectivity index (χ4v) is 1.89. The highest BCUT2D eigenvalue weighted by Crippen LogP contribution is 2.27. The second-order valence-corrected chi connectivity index (χ2v) is 4.30. The van der Waals surface area contributed by atoms with Crippen LogP contribution < -0.4 is 5.73 Å². The van der Waals surface area contributed by atoms with Gasteiger partial charge in [0.05, 0.1) is 5.56 Å². The minimum absolute atomic E-state index is 0.133. The van der Waals surface area contributed by atoms with Gasteiger partial charge < -0.3 is 15.3 Å². The number of primary amides is 1. The molecule has 0 spiro atoms. The second-order valence-electron chi connectivity index (χ2n) is 3.28. The summed E-state index contributed by atoms with van der Waals surface area (Å²) in [5.74, 6) is -1.81. The van der Waals surface area contributed by atoms with Gasteiger partial charge in [-0.25, -0.2) is 9.78 Å². The Kier molecular flexibility index (Phi) is 3.33. The Morgan fingerprint density at radius 3 is 2.56 bits per heavy atom. The van der Waals surface area contributed by atoms with E-state index in [2.05, 4.69) is 4.98 Å². The van der Waals surface area contributed by atoms with Crippen molar-refractivity contribution < 1.29 is 19.1 Å². The maximum atomic E-state index is 10.8. The molecular formula is C11H8N2O4S. The van der Waals surface area contributed by atoms with E-state index in [1.807, 2.05) is 0 Å². The summed E-state index contributed by atoms with van der Waals surface area (Å²) in [6, 6.07) is 6.05. The van der Waals surface area contributed by atoms with Crippen LogP contribution in [0.2, 0.25) is 0 Å². The highest BCUT2D eigenvalue weighted by atomic mass is 32.2. The van der Waals surface area contributed by atoms with Gasteiger partial charge in [-0.05, 0) is 36.0 Å². The Morgan fingerprint density at radius 1 is 1.28 bits per heavy atom. The van der Waals surface area contributed by atoms with E-state index in [9.17, 15) is 9.59 Å². The number of carbonyl (C=O) groups excluding carboxylic acids is 1. The van der Waals surface area contributed by atoms with Gasteiger partial charge in [-0.3, -0.25) is 4.79 Å². The van der Waals surface area contributed by atoms with E-state index in [0.29, 0.717) is 15.7 Å². The van der Waals surface area contributed by atoms with E-state index in [-0.39, 0.29) is 5.76 Å². The lowest BCUT2D eigenvalue weighted by Gasteiger charge is -1.98. The van der Waals surface area contributed by atoms with E-state index < -0.39 is 11.9 Å². The largest absolute Gasteiger partial charge is 0.475 e. The molecule has 18 heavy (non-hydrogen) atoms. The van der Waals surface area contributed by atoms with Crippen LogP contribution in [-0.2, 0) is 0 Å². The lowest BCUT2D eigenvalue weighted by molar-refractivity contribution is 0.0656. The summed E-state index contributed by atoms with van der Waals surface area (Å²) in [5, 5.41) is 9.68. The number of rotatable bonds is 4. The maximum Gasteiger partial charge on any atom is 0.371 e.